The van der Waals surface area contributed by atoms with E-state index >= 15 is 0 Å². The van der Waals surface area contributed by atoms with Crippen LogP contribution in [0, 0.1) is 16.4 Å². The summed E-state index contributed by atoms with van der Waals surface area (Å²) in [6.45, 7) is 1.35. The quantitative estimate of drug-likeness (QED) is 0.0227. The molecule has 2 unspecified atom stereocenters. The van der Waals surface area contributed by atoms with Crippen molar-refractivity contribution in [3.63, 3.8) is 0 Å². The average molecular weight is 1680 g/mol. The molecule has 0 radical (unpaired) electrons. The Labute approximate surface area is 623 Å². The van der Waals surface area contributed by atoms with Gasteiger partial charge in [0.1, 0.15) is 22.9 Å². The zero-order chi connectivity index (χ0) is 66.8. The number of rotatable bonds is 12. The van der Waals surface area contributed by atoms with Gasteiger partial charge in [0.25, 0.3) is 0 Å². The van der Waals surface area contributed by atoms with E-state index < -0.39 is 13.1 Å². The first kappa shape index (κ1) is 82.4. The third-order valence-corrected chi connectivity index (χ3v) is 22.3. The number of carbonyl (C=O) groups is 2. The molecule has 14 nitrogen and oxygen atoms in total. The molecule has 4 aromatic heterocycles. The van der Waals surface area contributed by atoms with Crippen molar-refractivity contribution in [2.45, 2.75) is 77.5 Å². The van der Waals surface area contributed by atoms with Gasteiger partial charge < -0.3 is 61.3 Å². The van der Waals surface area contributed by atoms with Gasteiger partial charge in [-0.3, -0.25) is 0 Å². The third-order valence-electron chi connectivity index (χ3n) is 15.5. The van der Waals surface area contributed by atoms with E-state index in [1.165, 1.54) is 98.9 Å². The molecule has 0 bridgehead atoms. The smallest absolute Gasteiger partial charge is 0.321 e. The zero-order valence-corrected chi connectivity index (χ0v) is 62.1. The number of ether oxygens (including phenoxy) is 6. The van der Waals surface area contributed by atoms with Gasteiger partial charge in [-0.1, -0.05) is 196 Å². The molecule has 2 fully saturated rings. The maximum absolute atomic E-state index is 12.3. The van der Waals surface area contributed by atoms with Crippen molar-refractivity contribution in [3.05, 3.63) is 221 Å². The van der Waals surface area contributed by atoms with E-state index in [2.05, 4.69) is 177 Å². The fourth-order valence-electron chi connectivity index (χ4n) is 11.5. The van der Waals surface area contributed by atoms with Crippen molar-refractivity contribution >= 4 is 148 Å². The molecule has 24 heteroatoms. The Hall–Kier alpha value is -5.24. The Kier molecular flexibility index (Phi) is 36.9. The molecule has 4 aliphatic rings. The number of halogens is 5. The van der Waals surface area contributed by atoms with Crippen LogP contribution in [0.5, 0.6) is 23.3 Å². The molecule has 2 aliphatic carbocycles. The maximum atomic E-state index is 12.3. The first-order valence-electron chi connectivity index (χ1n) is 30.1. The molecule has 2 atom stereocenters. The van der Waals surface area contributed by atoms with E-state index in [1.807, 2.05) is 36.4 Å². The minimum atomic E-state index is -1.53. The van der Waals surface area contributed by atoms with Crippen LogP contribution in [0.1, 0.15) is 85.5 Å². The van der Waals surface area contributed by atoms with Crippen LogP contribution in [-0.4, -0.2) is 107 Å². The van der Waals surface area contributed by atoms with Gasteiger partial charge >= 0.3 is 71.1 Å². The summed E-state index contributed by atoms with van der Waals surface area (Å²) in [5.74, 6) is 1.59. The van der Waals surface area contributed by atoms with E-state index in [-0.39, 0.29) is 86.4 Å². The Morgan fingerprint density at radius 2 is 0.990 bits per heavy atom. The molecule has 518 valence electrons. The molecule has 0 spiro atoms. The number of aromatic amines is 2. The van der Waals surface area contributed by atoms with Crippen LogP contribution >= 0.6 is 80.7 Å². The van der Waals surface area contributed by atoms with Crippen LogP contribution in [-0.2, 0) is 55.3 Å². The van der Waals surface area contributed by atoms with Gasteiger partial charge in [-0.15, -0.1) is 34.5 Å². The van der Waals surface area contributed by atoms with Gasteiger partial charge in [0.2, 0.25) is 11.8 Å². The van der Waals surface area contributed by atoms with E-state index in [9.17, 15) is 9.59 Å². The van der Waals surface area contributed by atoms with Gasteiger partial charge in [0.15, 0.2) is 0 Å². The second-order valence-electron chi connectivity index (χ2n) is 21.1. The largest absolute Gasteiger partial charge is 2.00 e. The van der Waals surface area contributed by atoms with Crippen LogP contribution in [0.4, 0.5) is 0 Å². The summed E-state index contributed by atoms with van der Waals surface area (Å²) in [6, 6.07) is 59.0. The number of hydrogen-bond donors (Lipinski definition) is 4. The predicted octanol–water partition coefficient (Wildman–Crippen LogP) is 16.0. The SMILES string of the molecule is C.C.COC(=O)c1[nH]c2ccc3c(c2c1-c1cccnc1OC)OCC3.COC(=O)c1[nH]c2ccc3c(c2c1I)OCC3.COc1ncccc1B(O)O.ClCCl.[Cl][Pd][Cl].[Fe+2].c1ccc(P(c2ccccc2)C2[CH-]CCC2)cc1.c1ccc(P(c2ccccc2)C2[CH-]CCC2)cc1. The second-order valence-corrected chi connectivity index (χ2v) is 30.2. The fourth-order valence-corrected chi connectivity index (χ4v) is 18.1. The van der Waals surface area contributed by atoms with Crippen LogP contribution in [0.15, 0.2) is 182 Å². The minimum Gasteiger partial charge on any atom is -0.321 e. The molecular formula is C73H80BCl4FeIN4O10P2Pd. The monoisotopic (exact) mass is 1670 g/mol. The van der Waals surface area contributed by atoms with E-state index in [4.69, 9.17) is 80.7 Å². The average Bonchev–Trinajstić information content (AvgIpc) is 1.62. The Bertz CT molecular complexity index is 3810. The number of nitrogens with zero attached hydrogens (tertiary/aromatic N) is 2. The molecule has 2 aliphatic heterocycles. The van der Waals surface area contributed by atoms with Gasteiger partial charge in [-0.2, -0.15) is 12.8 Å². The number of alkyl halides is 2. The van der Waals surface area contributed by atoms with Crippen molar-refractivity contribution in [2.75, 3.05) is 47.0 Å². The summed E-state index contributed by atoms with van der Waals surface area (Å²) in [4.78, 5) is 38.2. The number of esters is 2. The molecule has 0 amide bonds. The summed E-state index contributed by atoms with van der Waals surface area (Å²) in [6.07, 6.45) is 18.1. The molecule has 6 heterocycles. The number of methoxy groups -OCH3 is 4. The number of carbonyl (C=O) groups excluding carboxylic acids is 2. The van der Waals surface area contributed by atoms with Crippen LogP contribution in [0.2, 0.25) is 0 Å². The van der Waals surface area contributed by atoms with Crippen LogP contribution < -0.4 is 45.6 Å². The molecule has 14 rings (SSSR count). The Morgan fingerprint density at radius 3 is 1.38 bits per heavy atom. The van der Waals surface area contributed by atoms with Gasteiger partial charge in [0, 0.05) is 41.8 Å². The number of benzene rings is 6. The molecule has 0 saturated heterocycles. The molecule has 97 heavy (non-hydrogen) atoms. The molecule has 10 aromatic rings. The number of aromatic nitrogens is 4. The summed E-state index contributed by atoms with van der Waals surface area (Å²) in [7, 11) is 13.4. The summed E-state index contributed by atoms with van der Waals surface area (Å²) >= 11 is 11.6. The van der Waals surface area contributed by atoms with Crippen molar-refractivity contribution in [1.29, 1.82) is 0 Å². The normalized spacial score (nSPS) is 14.2. The number of hydrogen-bond acceptors (Lipinski definition) is 12. The first-order valence-corrected chi connectivity index (χ1v) is 39.1. The first-order chi connectivity index (χ1) is 45.9. The van der Waals surface area contributed by atoms with Crippen molar-refractivity contribution in [3.8, 4) is 34.4 Å². The number of H-pyrrole nitrogens is 2. The van der Waals surface area contributed by atoms with Gasteiger partial charge in [-0.05, 0) is 85.3 Å². The summed E-state index contributed by atoms with van der Waals surface area (Å²) in [5.41, 5.74) is 8.13. The van der Waals surface area contributed by atoms with E-state index in [0.717, 1.165) is 72.2 Å². The van der Waals surface area contributed by atoms with Crippen molar-refractivity contribution in [2.24, 2.45) is 0 Å². The molecular weight excluding hydrogens is 1600 g/mol. The van der Waals surface area contributed by atoms with E-state index in [0.29, 0.717) is 36.0 Å². The summed E-state index contributed by atoms with van der Waals surface area (Å²) < 4.78 is 32.2. The predicted molar refractivity (Wildman–Crippen MR) is 405 cm³/mol. The van der Waals surface area contributed by atoms with Crippen LogP contribution in [0.3, 0.4) is 0 Å². The number of nitrogens with one attached hydrogen (secondary N) is 2. The molecule has 2 saturated carbocycles. The number of fused-ring (bicyclic) bond motifs is 6. The molecule has 4 N–H and O–H groups in total. The van der Waals surface area contributed by atoms with Crippen molar-refractivity contribution < 1.29 is 81.1 Å². The minimum absolute atomic E-state index is 0. The second kappa shape index (κ2) is 43.4. The zero-order valence-electron chi connectivity index (χ0n) is 52.5. The third kappa shape index (κ3) is 21.9. The summed E-state index contributed by atoms with van der Waals surface area (Å²) in [5, 5.41) is 25.6. The van der Waals surface area contributed by atoms with Gasteiger partial charge in [-0.25, -0.2) is 19.6 Å². The maximum Gasteiger partial charge on any atom is 2.00 e. The number of pyridine rings is 2. The van der Waals surface area contributed by atoms with E-state index in [1.54, 1.807) is 19.4 Å². The topological polar surface area (TPSA) is 187 Å². The fraction of sp³-hybridized carbons (Fsp3) is 0.260. The molecule has 6 aromatic carbocycles. The standard InChI is InChI=1S/C18H16N2O4.2C17H18P.C12H10INO3.C6H8BNO3.CH2Cl2.2CH4.2ClH.Fe.Pd/c1-22-17-11(4-3-8-19-17)13-14-12(20-15(13)18(21)23-2)6-5-10-7-9-24-16(10)14;2*1-3-9-15(10-4-1)18(17-13-7-8-14-17)16-11-5-2-6-12-16;1-16-12(15)10-9(13)8-7(14-10)3-2-6-4-5-17-11(6)8;1-11-6-5(7(9)10)3-2-4-8-6;2-1-3;;;;;;/h3-6,8,20H,7,9H2,1-2H3;2*1-6,9-13,17H,7-8,14H2;2-3,14H,4-5H2,1H3;2-4,9-10H,1H3;1H2;2*1H4;2*1H;;/q;2*-1;;;;;;;;2*+2/p-2. The van der Waals surface area contributed by atoms with Gasteiger partial charge in [0.05, 0.1) is 72.4 Å². The Morgan fingerprint density at radius 1 is 0.598 bits per heavy atom. The van der Waals surface area contributed by atoms with Crippen LogP contribution in [0.25, 0.3) is 32.9 Å². The van der Waals surface area contributed by atoms with Crippen molar-refractivity contribution in [1.82, 2.24) is 19.9 Å². The Balaban J connectivity index is 0.000000216.